The quantitative estimate of drug-likeness (QED) is 0.142. The zero-order valence-electron chi connectivity index (χ0n) is 33.4. The fraction of sp³-hybridized carbons (Fsp3) is 0.176. The molecular weight excluding hydrogens is 701 g/mol. The number of rotatable bonds is 10. The third kappa shape index (κ3) is 7.41. The van der Waals surface area contributed by atoms with Crippen LogP contribution in [0.3, 0.4) is 0 Å². The van der Waals surface area contributed by atoms with Crippen molar-refractivity contribution in [1.82, 2.24) is 0 Å². The molecule has 7 rings (SSSR count). The fourth-order valence-corrected chi connectivity index (χ4v) is 9.24. The van der Waals surface area contributed by atoms with Crippen molar-refractivity contribution in [2.75, 3.05) is 23.3 Å². The van der Waals surface area contributed by atoms with Gasteiger partial charge in [-0.1, -0.05) is 97.1 Å². The summed E-state index contributed by atoms with van der Waals surface area (Å²) in [7, 11) is 0. The van der Waals surface area contributed by atoms with E-state index < -0.39 is 0 Å². The molecule has 0 saturated heterocycles. The molecule has 4 nitrogen and oxygen atoms in total. The van der Waals surface area contributed by atoms with Gasteiger partial charge in [0.25, 0.3) is 0 Å². The van der Waals surface area contributed by atoms with Gasteiger partial charge in [-0.3, -0.25) is 0 Å². The molecule has 1 heterocycles. The Morgan fingerprint density at radius 1 is 0.679 bits per heavy atom. The van der Waals surface area contributed by atoms with Crippen molar-refractivity contribution in [2.45, 2.75) is 48.5 Å². The molecule has 1 N–H and O–H groups in total. The molecular formula is C51H49N4S+. The lowest BCUT2D eigenvalue weighted by Gasteiger charge is -2.27. The zero-order chi connectivity index (χ0) is 39.3. The molecule has 0 spiro atoms. The fourth-order valence-electron chi connectivity index (χ4n) is 7.96. The summed E-state index contributed by atoms with van der Waals surface area (Å²) in [6.45, 7) is 17.0. The van der Waals surface area contributed by atoms with Crippen LogP contribution in [0.15, 0.2) is 145 Å². The van der Waals surface area contributed by atoms with E-state index in [1.54, 1.807) is 11.3 Å². The van der Waals surface area contributed by atoms with Gasteiger partial charge in [-0.15, -0.1) is 11.3 Å². The smallest absolute Gasteiger partial charge is 0.211 e. The summed E-state index contributed by atoms with van der Waals surface area (Å²) in [5, 5.41) is 15.4. The first-order valence-electron chi connectivity index (χ1n) is 19.4. The number of para-hydroxylation sites is 3. The van der Waals surface area contributed by atoms with Gasteiger partial charge in [0, 0.05) is 62.9 Å². The van der Waals surface area contributed by atoms with E-state index in [0.717, 1.165) is 73.5 Å². The number of hydrogen-bond acceptors (Lipinski definition) is 4. The Kier molecular flexibility index (Phi) is 11.3. The van der Waals surface area contributed by atoms with E-state index in [9.17, 15) is 5.26 Å². The summed E-state index contributed by atoms with van der Waals surface area (Å²) >= 11 is 1.65. The lowest BCUT2D eigenvalue weighted by molar-refractivity contribution is -0.435. The van der Waals surface area contributed by atoms with Crippen molar-refractivity contribution in [3.63, 3.8) is 0 Å². The summed E-state index contributed by atoms with van der Waals surface area (Å²) in [5.74, 6) is 0. The number of nitrogens with one attached hydrogen (secondary N) is 1. The molecule has 6 aromatic rings. The van der Waals surface area contributed by atoms with Gasteiger partial charge in [0.2, 0.25) is 11.4 Å². The van der Waals surface area contributed by atoms with Gasteiger partial charge in [0.15, 0.2) is 0 Å². The van der Waals surface area contributed by atoms with E-state index in [1.807, 2.05) is 18.2 Å². The number of anilines is 4. The topological polar surface area (TPSA) is 42.1 Å². The van der Waals surface area contributed by atoms with E-state index in [0.29, 0.717) is 5.56 Å². The molecule has 0 radical (unpaired) electrons. The highest BCUT2D eigenvalue weighted by atomic mass is 32.1. The second kappa shape index (κ2) is 16.7. The van der Waals surface area contributed by atoms with Gasteiger partial charge in [-0.05, 0) is 112 Å². The van der Waals surface area contributed by atoms with Crippen LogP contribution in [0.4, 0.5) is 27.8 Å². The predicted octanol–water partition coefficient (Wildman–Crippen LogP) is 13.5. The SMILES string of the molecule is CCN(c1ccc(C(=C2C=CC(=[N+](CC)c3c(C)cccc3C)C=C2)c2sc(Nc3ccccc3C)c(C#N)c2-c2ccccc2)cc1)c1c(C)cccc1C. The number of thiophene rings is 1. The van der Waals surface area contributed by atoms with Crippen LogP contribution < -0.4 is 10.2 Å². The van der Waals surface area contributed by atoms with E-state index in [2.05, 4.69) is 191 Å². The van der Waals surface area contributed by atoms with E-state index in [1.165, 1.54) is 33.6 Å². The summed E-state index contributed by atoms with van der Waals surface area (Å²) in [5.41, 5.74) is 17.8. The molecule has 0 saturated carbocycles. The van der Waals surface area contributed by atoms with Gasteiger partial charge in [0.1, 0.15) is 17.6 Å². The molecule has 0 amide bonds. The minimum atomic E-state index is 0.643. The monoisotopic (exact) mass is 749 g/mol. The first kappa shape index (κ1) is 38.1. The second-order valence-electron chi connectivity index (χ2n) is 14.4. The Labute approximate surface area is 336 Å². The van der Waals surface area contributed by atoms with Crippen molar-refractivity contribution >= 4 is 50.4 Å². The Balaban J connectivity index is 1.45. The highest BCUT2D eigenvalue weighted by molar-refractivity contribution is 7.18. The van der Waals surface area contributed by atoms with Gasteiger partial charge < -0.3 is 10.2 Å². The van der Waals surface area contributed by atoms with Crippen LogP contribution in [0.1, 0.15) is 57.7 Å². The van der Waals surface area contributed by atoms with Crippen molar-refractivity contribution in [3.8, 4) is 17.2 Å². The third-order valence-electron chi connectivity index (χ3n) is 10.7. The van der Waals surface area contributed by atoms with E-state index >= 15 is 0 Å². The molecule has 0 unspecified atom stereocenters. The van der Waals surface area contributed by atoms with Gasteiger partial charge in [-0.25, -0.2) is 0 Å². The molecule has 1 aliphatic carbocycles. The average Bonchev–Trinajstić information content (AvgIpc) is 3.57. The number of nitrogens with zero attached hydrogens (tertiary/aromatic N) is 3. The molecule has 5 heteroatoms. The normalized spacial score (nSPS) is 12.1. The minimum absolute atomic E-state index is 0.643. The summed E-state index contributed by atoms with van der Waals surface area (Å²) in [6.07, 6.45) is 8.98. The Hall–Kier alpha value is -6.22. The second-order valence-corrected chi connectivity index (χ2v) is 15.4. The number of hydrogen-bond donors (Lipinski definition) is 1. The molecule has 278 valence electrons. The highest BCUT2D eigenvalue weighted by Crippen LogP contribution is 2.48. The van der Waals surface area contributed by atoms with Crippen molar-refractivity contribution in [3.05, 3.63) is 189 Å². The van der Waals surface area contributed by atoms with Crippen LogP contribution in [0.2, 0.25) is 0 Å². The first-order valence-corrected chi connectivity index (χ1v) is 20.3. The van der Waals surface area contributed by atoms with Crippen molar-refractivity contribution in [1.29, 1.82) is 5.26 Å². The largest absolute Gasteiger partial charge is 0.346 e. The van der Waals surface area contributed by atoms with Crippen LogP contribution in [-0.2, 0) is 0 Å². The minimum Gasteiger partial charge on any atom is -0.346 e. The zero-order valence-corrected chi connectivity index (χ0v) is 34.3. The third-order valence-corrected chi connectivity index (χ3v) is 11.8. The molecule has 1 aromatic heterocycles. The van der Waals surface area contributed by atoms with E-state index in [-0.39, 0.29) is 0 Å². The lowest BCUT2D eigenvalue weighted by atomic mass is 9.90. The van der Waals surface area contributed by atoms with E-state index in [4.69, 9.17) is 0 Å². The highest BCUT2D eigenvalue weighted by Gasteiger charge is 2.27. The number of allylic oxidation sites excluding steroid dienone is 5. The van der Waals surface area contributed by atoms with Gasteiger partial charge in [0.05, 0.1) is 5.56 Å². The predicted molar refractivity (Wildman–Crippen MR) is 240 cm³/mol. The Bertz CT molecular complexity index is 2520. The average molecular weight is 750 g/mol. The van der Waals surface area contributed by atoms with Crippen LogP contribution in [0.5, 0.6) is 0 Å². The summed E-state index contributed by atoms with van der Waals surface area (Å²) in [6, 6.07) is 43.2. The molecule has 1 aliphatic rings. The Morgan fingerprint density at radius 2 is 1.27 bits per heavy atom. The van der Waals surface area contributed by atoms with Crippen molar-refractivity contribution < 1.29 is 4.58 Å². The van der Waals surface area contributed by atoms with Gasteiger partial charge >= 0.3 is 0 Å². The molecule has 0 atom stereocenters. The maximum Gasteiger partial charge on any atom is 0.211 e. The standard InChI is InChI=1S/C51H48N4S/c1-8-54(48-35(4)18-15-19-36(48)5)42-29-25-40(26-30-42)46(41-27-31-43(32-28-41)55(9-2)49-37(6)20-16-21-38(49)7)50-47(39-22-11-10-12-23-39)44(33-52)51(56-50)53-45-24-14-13-17-34(45)3/h10-32H,8-9H2,1-7H3/p+1. The maximum absolute atomic E-state index is 10.9. The molecule has 0 fully saturated rings. The Morgan fingerprint density at radius 3 is 1.86 bits per heavy atom. The summed E-state index contributed by atoms with van der Waals surface area (Å²) < 4.78 is 2.40. The van der Waals surface area contributed by atoms with Crippen LogP contribution in [0, 0.1) is 45.9 Å². The molecule has 0 bridgehead atoms. The first-order chi connectivity index (χ1) is 27.2. The number of nitriles is 1. The van der Waals surface area contributed by atoms with Crippen LogP contribution in [-0.4, -0.2) is 23.4 Å². The van der Waals surface area contributed by atoms with Crippen LogP contribution in [0.25, 0.3) is 16.7 Å². The van der Waals surface area contributed by atoms with Crippen molar-refractivity contribution in [2.24, 2.45) is 0 Å². The number of aryl methyl sites for hydroxylation is 5. The van der Waals surface area contributed by atoms with Gasteiger partial charge in [-0.2, -0.15) is 9.84 Å². The molecule has 0 aliphatic heterocycles. The van der Waals surface area contributed by atoms with Crippen LogP contribution >= 0.6 is 11.3 Å². The lowest BCUT2D eigenvalue weighted by Crippen LogP contribution is -2.18. The maximum atomic E-state index is 10.9. The summed E-state index contributed by atoms with van der Waals surface area (Å²) in [4.78, 5) is 3.45. The number of benzene rings is 5. The molecule has 56 heavy (non-hydrogen) atoms. The molecule has 5 aromatic carbocycles.